The first-order chi connectivity index (χ1) is 14.3. The Morgan fingerprint density at radius 1 is 1.27 bits per heavy atom. The van der Waals surface area contributed by atoms with Crippen LogP contribution in [0.1, 0.15) is 12.5 Å². The first-order valence-corrected chi connectivity index (χ1v) is 11.4. The second-order valence-corrected chi connectivity index (χ2v) is 9.32. The van der Waals surface area contributed by atoms with Gasteiger partial charge in [-0.05, 0) is 49.4 Å². The summed E-state index contributed by atoms with van der Waals surface area (Å²) < 4.78 is 11.6. The highest BCUT2D eigenvalue weighted by Gasteiger charge is 2.34. The van der Waals surface area contributed by atoms with Gasteiger partial charge in [-0.3, -0.25) is 9.69 Å². The van der Waals surface area contributed by atoms with Gasteiger partial charge in [0.2, 0.25) is 0 Å². The van der Waals surface area contributed by atoms with Gasteiger partial charge in [-0.1, -0.05) is 63.1 Å². The Labute approximate surface area is 201 Å². The number of hydrogen-bond acceptors (Lipinski definition) is 6. The number of ether oxygens (including phenoxy) is 2. The molecule has 1 amide bonds. The standard InChI is InChI=1S/C20H14BrCl2NO4S2/c1-2-27-18(25)10-28-16-6-3-12(21)7-11(16)8-17-19(26)24(20(29)30-17)15-5-4-13(22)9-14(15)23/h3-9H,2,10H2,1H3/b17-8-. The van der Waals surface area contributed by atoms with Crippen LogP contribution in [0.4, 0.5) is 5.69 Å². The number of benzene rings is 2. The molecule has 10 heteroatoms. The van der Waals surface area contributed by atoms with Crippen molar-refractivity contribution in [2.45, 2.75) is 6.92 Å². The van der Waals surface area contributed by atoms with Gasteiger partial charge < -0.3 is 9.47 Å². The van der Waals surface area contributed by atoms with Crippen LogP contribution in [0.5, 0.6) is 5.75 Å². The number of carbonyl (C=O) groups is 2. The number of hydrogen-bond donors (Lipinski definition) is 0. The summed E-state index contributed by atoms with van der Waals surface area (Å²) in [6, 6.07) is 10.1. The van der Waals surface area contributed by atoms with Gasteiger partial charge in [0, 0.05) is 15.1 Å². The fraction of sp³-hybridized carbons (Fsp3) is 0.150. The third kappa shape index (κ3) is 5.36. The molecule has 2 aromatic carbocycles. The Balaban J connectivity index is 1.90. The Morgan fingerprint density at radius 2 is 2.03 bits per heavy atom. The van der Waals surface area contributed by atoms with Gasteiger partial charge in [-0.15, -0.1) is 0 Å². The molecule has 2 aromatic rings. The molecule has 0 atom stereocenters. The molecule has 0 aromatic heterocycles. The number of carbonyl (C=O) groups excluding carboxylic acids is 2. The molecule has 0 N–H and O–H groups in total. The highest BCUT2D eigenvalue weighted by atomic mass is 79.9. The highest BCUT2D eigenvalue weighted by Crippen LogP contribution is 2.40. The van der Waals surface area contributed by atoms with E-state index in [0.29, 0.717) is 36.3 Å². The molecule has 3 rings (SSSR count). The van der Waals surface area contributed by atoms with E-state index >= 15 is 0 Å². The van der Waals surface area contributed by atoms with Gasteiger partial charge in [0.15, 0.2) is 10.9 Å². The molecule has 5 nitrogen and oxygen atoms in total. The van der Waals surface area contributed by atoms with Crippen molar-refractivity contribution in [2.75, 3.05) is 18.1 Å². The molecule has 30 heavy (non-hydrogen) atoms. The molecule has 156 valence electrons. The summed E-state index contributed by atoms with van der Waals surface area (Å²) in [7, 11) is 0. The summed E-state index contributed by atoms with van der Waals surface area (Å²) in [6.45, 7) is 1.75. The molecular weight excluding hydrogens is 533 g/mol. The molecular formula is C20H14BrCl2NO4S2. The quantitative estimate of drug-likeness (QED) is 0.248. The van der Waals surface area contributed by atoms with Gasteiger partial charge in [-0.25, -0.2) is 4.79 Å². The van der Waals surface area contributed by atoms with Crippen molar-refractivity contribution in [1.29, 1.82) is 0 Å². The van der Waals surface area contributed by atoms with Crippen LogP contribution in [0, 0.1) is 0 Å². The Hall–Kier alpha value is -1.58. The van der Waals surface area contributed by atoms with E-state index in [4.69, 9.17) is 44.9 Å². The number of thiocarbonyl (C=S) groups is 1. The van der Waals surface area contributed by atoms with Crippen molar-refractivity contribution in [3.63, 3.8) is 0 Å². The van der Waals surface area contributed by atoms with E-state index in [0.717, 1.165) is 16.2 Å². The minimum absolute atomic E-state index is 0.238. The normalized spacial score (nSPS) is 15.1. The second kappa shape index (κ2) is 10.2. The monoisotopic (exact) mass is 545 g/mol. The SMILES string of the molecule is CCOC(=O)COc1ccc(Br)cc1/C=C1\SC(=S)N(c2ccc(Cl)cc2Cl)C1=O. The molecule has 0 unspecified atom stereocenters. The topological polar surface area (TPSA) is 55.8 Å². The lowest BCUT2D eigenvalue weighted by Gasteiger charge is -2.16. The van der Waals surface area contributed by atoms with Crippen LogP contribution in [0.3, 0.4) is 0 Å². The van der Waals surface area contributed by atoms with Crippen molar-refractivity contribution in [2.24, 2.45) is 0 Å². The Bertz CT molecular complexity index is 1060. The average Bonchev–Trinajstić information content (AvgIpc) is 2.95. The zero-order chi connectivity index (χ0) is 21.8. The summed E-state index contributed by atoms with van der Waals surface area (Å²) in [5, 5.41) is 0.781. The van der Waals surface area contributed by atoms with E-state index in [1.165, 1.54) is 4.90 Å². The van der Waals surface area contributed by atoms with E-state index in [-0.39, 0.29) is 19.1 Å². The van der Waals surface area contributed by atoms with Crippen LogP contribution in [-0.4, -0.2) is 29.4 Å². The van der Waals surface area contributed by atoms with E-state index in [9.17, 15) is 9.59 Å². The van der Waals surface area contributed by atoms with Crippen LogP contribution < -0.4 is 9.64 Å². The maximum Gasteiger partial charge on any atom is 0.344 e. The van der Waals surface area contributed by atoms with E-state index in [2.05, 4.69) is 15.9 Å². The summed E-state index contributed by atoms with van der Waals surface area (Å²) in [5.74, 6) is -0.360. The number of anilines is 1. The molecule has 0 aliphatic carbocycles. The Kier molecular flexibility index (Phi) is 7.81. The molecule has 0 radical (unpaired) electrons. The molecule has 1 heterocycles. The predicted octanol–water partition coefficient (Wildman–Crippen LogP) is 6.10. The van der Waals surface area contributed by atoms with Crippen molar-refractivity contribution in [3.05, 3.63) is 61.4 Å². The third-order valence-electron chi connectivity index (χ3n) is 3.85. The van der Waals surface area contributed by atoms with Gasteiger partial charge in [0.05, 0.1) is 22.2 Å². The number of amides is 1. The van der Waals surface area contributed by atoms with Crippen molar-refractivity contribution < 1.29 is 19.1 Å². The Morgan fingerprint density at radius 3 is 2.73 bits per heavy atom. The molecule has 1 aliphatic heterocycles. The summed E-state index contributed by atoms with van der Waals surface area (Å²) >= 11 is 22.1. The molecule has 0 saturated carbocycles. The van der Waals surface area contributed by atoms with Crippen molar-refractivity contribution in [1.82, 2.24) is 0 Å². The molecule has 0 bridgehead atoms. The number of esters is 1. The highest BCUT2D eigenvalue weighted by molar-refractivity contribution is 9.10. The predicted molar refractivity (Wildman–Crippen MR) is 128 cm³/mol. The van der Waals surface area contributed by atoms with Crippen LogP contribution in [-0.2, 0) is 14.3 Å². The average molecular weight is 547 g/mol. The second-order valence-electron chi connectivity index (χ2n) is 5.89. The van der Waals surface area contributed by atoms with E-state index < -0.39 is 5.97 Å². The zero-order valence-corrected chi connectivity index (χ0v) is 20.2. The first-order valence-electron chi connectivity index (χ1n) is 8.61. The minimum atomic E-state index is -0.477. The fourth-order valence-electron chi connectivity index (χ4n) is 2.58. The fourth-order valence-corrected chi connectivity index (χ4v) is 4.73. The summed E-state index contributed by atoms with van der Waals surface area (Å²) in [4.78, 5) is 26.4. The number of halogens is 3. The van der Waals surface area contributed by atoms with Crippen LogP contribution >= 0.6 is 63.1 Å². The third-order valence-corrected chi connectivity index (χ3v) is 6.19. The van der Waals surface area contributed by atoms with Gasteiger partial charge in [0.1, 0.15) is 5.75 Å². The number of nitrogens with zero attached hydrogens (tertiary/aromatic N) is 1. The molecule has 0 spiro atoms. The van der Waals surface area contributed by atoms with E-state index in [1.807, 2.05) is 0 Å². The minimum Gasteiger partial charge on any atom is -0.481 e. The van der Waals surface area contributed by atoms with E-state index in [1.54, 1.807) is 49.4 Å². The summed E-state index contributed by atoms with van der Waals surface area (Å²) in [6.07, 6.45) is 1.66. The van der Waals surface area contributed by atoms with Crippen LogP contribution in [0.15, 0.2) is 45.8 Å². The first kappa shape index (κ1) is 23.1. The summed E-state index contributed by atoms with van der Waals surface area (Å²) in [5.41, 5.74) is 1.07. The van der Waals surface area contributed by atoms with Crippen LogP contribution in [0.25, 0.3) is 6.08 Å². The maximum atomic E-state index is 13.0. The number of thioether (sulfide) groups is 1. The van der Waals surface area contributed by atoms with Gasteiger partial charge in [0.25, 0.3) is 5.91 Å². The lowest BCUT2D eigenvalue weighted by molar-refractivity contribution is -0.145. The van der Waals surface area contributed by atoms with Gasteiger partial charge in [-0.2, -0.15) is 0 Å². The smallest absolute Gasteiger partial charge is 0.344 e. The van der Waals surface area contributed by atoms with Gasteiger partial charge >= 0.3 is 5.97 Å². The van der Waals surface area contributed by atoms with Crippen molar-refractivity contribution >= 4 is 91.1 Å². The molecule has 1 aliphatic rings. The van der Waals surface area contributed by atoms with Crippen molar-refractivity contribution in [3.8, 4) is 5.75 Å². The lowest BCUT2D eigenvalue weighted by atomic mass is 10.2. The van der Waals surface area contributed by atoms with Crippen LogP contribution in [0.2, 0.25) is 10.0 Å². The molecule has 1 fully saturated rings. The number of rotatable bonds is 6. The zero-order valence-electron chi connectivity index (χ0n) is 15.5. The molecule has 1 saturated heterocycles. The maximum absolute atomic E-state index is 13.0. The largest absolute Gasteiger partial charge is 0.481 e. The lowest BCUT2D eigenvalue weighted by Crippen LogP contribution is -2.27.